The fourth-order valence-electron chi connectivity index (χ4n) is 1.53. The third-order valence-corrected chi connectivity index (χ3v) is 2.37. The highest BCUT2D eigenvalue weighted by Gasteiger charge is 2.32. The second-order valence-corrected chi connectivity index (χ2v) is 3.07. The van der Waals surface area contributed by atoms with Gasteiger partial charge in [0.25, 0.3) is 0 Å². The summed E-state index contributed by atoms with van der Waals surface area (Å²) in [5, 5.41) is 18.1. The van der Waals surface area contributed by atoms with Gasteiger partial charge in [0.1, 0.15) is 0 Å². The zero-order valence-electron chi connectivity index (χ0n) is 6.25. The first-order valence-electron chi connectivity index (χ1n) is 3.64. The van der Waals surface area contributed by atoms with Crippen LogP contribution in [0.1, 0.15) is 13.3 Å². The van der Waals surface area contributed by atoms with Crippen LogP contribution < -0.4 is 0 Å². The van der Waals surface area contributed by atoms with E-state index in [9.17, 15) is 5.11 Å². The van der Waals surface area contributed by atoms with Crippen molar-refractivity contribution in [2.45, 2.75) is 19.4 Å². The van der Waals surface area contributed by atoms with Crippen LogP contribution in [-0.2, 0) is 0 Å². The van der Waals surface area contributed by atoms with Crippen LogP contribution in [0, 0.1) is 11.8 Å². The van der Waals surface area contributed by atoms with Crippen molar-refractivity contribution >= 4 is 0 Å². The normalized spacial score (nSPS) is 40.7. The predicted molar refractivity (Wildman–Crippen MR) is 39.5 cm³/mol. The van der Waals surface area contributed by atoms with Crippen LogP contribution in [0.15, 0.2) is 12.2 Å². The third kappa shape index (κ3) is 1.09. The number of rotatable bonds is 1. The van der Waals surface area contributed by atoms with Crippen LogP contribution in [0.5, 0.6) is 0 Å². The Morgan fingerprint density at radius 1 is 1.70 bits per heavy atom. The van der Waals surface area contributed by atoms with Gasteiger partial charge in [0.2, 0.25) is 0 Å². The van der Waals surface area contributed by atoms with Gasteiger partial charge in [-0.3, -0.25) is 0 Å². The monoisotopic (exact) mass is 142 g/mol. The fourth-order valence-corrected chi connectivity index (χ4v) is 1.53. The first-order chi connectivity index (χ1) is 4.66. The van der Waals surface area contributed by atoms with E-state index in [4.69, 9.17) is 5.11 Å². The van der Waals surface area contributed by atoms with E-state index in [1.54, 1.807) is 0 Å². The van der Waals surface area contributed by atoms with Gasteiger partial charge in [0.05, 0.1) is 12.7 Å². The Morgan fingerprint density at radius 3 is 2.50 bits per heavy atom. The van der Waals surface area contributed by atoms with Gasteiger partial charge in [-0.05, 0) is 12.3 Å². The third-order valence-electron chi connectivity index (χ3n) is 2.37. The minimum Gasteiger partial charge on any atom is -0.396 e. The summed E-state index contributed by atoms with van der Waals surface area (Å²) in [6.07, 6.45) is 0.386. The van der Waals surface area contributed by atoms with Gasteiger partial charge in [-0.1, -0.05) is 19.1 Å². The van der Waals surface area contributed by atoms with Gasteiger partial charge >= 0.3 is 0 Å². The molecular weight excluding hydrogens is 128 g/mol. The molecular formula is C8H14O2. The zero-order valence-corrected chi connectivity index (χ0v) is 6.25. The SMILES string of the molecule is C=C1[C@@H](C)CC(O)[C@H]1CO. The molecule has 0 aliphatic heterocycles. The molecule has 0 aromatic carbocycles. The molecule has 0 amide bonds. The molecule has 10 heavy (non-hydrogen) atoms. The number of aliphatic hydroxyl groups is 2. The highest BCUT2D eigenvalue weighted by atomic mass is 16.3. The van der Waals surface area contributed by atoms with Crippen molar-refractivity contribution in [2.75, 3.05) is 6.61 Å². The summed E-state index contributed by atoms with van der Waals surface area (Å²) in [5.74, 6) is 0.294. The lowest BCUT2D eigenvalue weighted by molar-refractivity contribution is 0.101. The zero-order chi connectivity index (χ0) is 7.72. The highest BCUT2D eigenvalue weighted by molar-refractivity contribution is 5.13. The molecule has 2 nitrogen and oxygen atoms in total. The lowest BCUT2D eigenvalue weighted by atomic mass is 10.0. The largest absolute Gasteiger partial charge is 0.396 e. The molecule has 0 radical (unpaired) electrons. The van der Waals surface area contributed by atoms with Gasteiger partial charge in [0.15, 0.2) is 0 Å². The molecule has 0 spiro atoms. The maximum Gasteiger partial charge on any atom is 0.0633 e. The van der Waals surface area contributed by atoms with Crippen molar-refractivity contribution in [1.29, 1.82) is 0 Å². The quantitative estimate of drug-likeness (QED) is 0.525. The van der Waals surface area contributed by atoms with E-state index in [0.29, 0.717) is 5.92 Å². The molecule has 1 saturated carbocycles. The van der Waals surface area contributed by atoms with Crippen molar-refractivity contribution in [3.05, 3.63) is 12.2 Å². The number of hydrogen-bond donors (Lipinski definition) is 2. The minimum absolute atomic E-state index is 0.0321. The molecule has 0 saturated heterocycles. The average Bonchev–Trinajstić information content (AvgIpc) is 2.09. The van der Waals surface area contributed by atoms with E-state index in [-0.39, 0.29) is 18.6 Å². The smallest absolute Gasteiger partial charge is 0.0633 e. The first-order valence-corrected chi connectivity index (χ1v) is 3.64. The van der Waals surface area contributed by atoms with Crippen molar-refractivity contribution in [2.24, 2.45) is 11.8 Å². The van der Waals surface area contributed by atoms with Gasteiger partial charge < -0.3 is 10.2 Å². The Kier molecular flexibility index (Phi) is 2.11. The second-order valence-electron chi connectivity index (χ2n) is 3.07. The maximum absolute atomic E-state index is 9.31. The van der Waals surface area contributed by atoms with Crippen LogP contribution >= 0.6 is 0 Å². The molecule has 1 fully saturated rings. The van der Waals surface area contributed by atoms with E-state index in [1.165, 1.54) is 0 Å². The van der Waals surface area contributed by atoms with Crippen molar-refractivity contribution in [3.63, 3.8) is 0 Å². The van der Waals surface area contributed by atoms with Crippen molar-refractivity contribution in [3.8, 4) is 0 Å². The molecule has 58 valence electrons. The maximum atomic E-state index is 9.31. The molecule has 1 rings (SSSR count). The van der Waals surface area contributed by atoms with E-state index in [1.807, 2.05) is 6.92 Å². The molecule has 3 atom stereocenters. The van der Waals surface area contributed by atoms with Crippen molar-refractivity contribution in [1.82, 2.24) is 0 Å². The van der Waals surface area contributed by atoms with E-state index in [2.05, 4.69) is 6.58 Å². The molecule has 0 aromatic heterocycles. The van der Waals surface area contributed by atoms with Gasteiger partial charge in [-0.2, -0.15) is 0 Å². The Labute approximate surface area is 61.2 Å². The van der Waals surface area contributed by atoms with Gasteiger partial charge in [-0.15, -0.1) is 0 Å². The van der Waals surface area contributed by atoms with Crippen LogP contribution in [-0.4, -0.2) is 22.9 Å². The van der Waals surface area contributed by atoms with Crippen LogP contribution in [0.2, 0.25) is 0 Å². The van der Waals surface area contributed by atoms with Crippen LogP contribution in [0.25, 0.3) is 0 Å². The Bertz CT molecular complexity index is 142. The molecule has 1 aliphatic carbocycles. The molecule has 0 heterocycles. The number of aliphatic hydroxyl groups excluding tert-OH is 2. The molecule has 0 aromatic rings. The molecule has 1 unspecified atom stereocenters. The second kappa shape index (κ2) is 2.72. The Hall–Kier alpha value is -0.340. The molecule has 2 N–H and O–H groups in total. The highest BCUT2D eigenvalue weighted by Crippen LogP contribution is 2.34. The molecule has 1 aliphatic rings. The van der Waals surface area contributed by atoms with E-state index < -0.39 is 0 Å². The summed E-state index contributed by atoms with van der Waals surface area (Å²) in [6.45, 7) is 5.88. The molecule has 0 bridgehead atoms. The Morgan fingerprint density at radius 2 is 2.30 bits per heavy atom. The topological polar surface area (TPSA) is 40.5 Å². The summed E-state index contributed by atoms with van der Waals surface area (Å²) in [4.78, 5) is 0. The lowest BCUT2D eigenvalue weighted by Gasteiger charge is -2.11. The minimum atomic E-state index is -0.368. The summed E-state index contributed by atoms with van der Waals surface area (Å²) < 4.78 is 0. The lowest BCUT2D eigenvalue weighted by Crippen LogP contribution is -2.17. The first kappa shape index (κ1) is 7.76. The van der Waals surface area contributed by atoms with Crippen LogP contribution in [0.3, 0.4) is 0 Å². The number of hydrogen-bond acceptors (Lipinski definition) is 2. The summed E-state index contributed by atoms with van der Waals surface area (Å²) in [7, 11) is 0. The Balaban J connectivity index is 2.64. The summed E-state index contributed by atoms with van der Waals surface area (Å²) in [5.41, 5.74) is 0.995. The van der Waals surface area contributed by atoms with Crippen LogP contribution in [0.4, 0.5) is 0 Å². The van der Waals surface area contributed by atoms with Crippen molar-refractivity contribution < 1.29 is 10.2 Å². The summed E-state index contributed by atoms with van der Waals surface area (Å²) in [6, 6.07) is 0. The van der Waals surface area contributed by atoms with E-state index in [0.717, 1.165) is 12.0 Å². The fraction of sp³-hybridized carbons (Fsp3) is 0.750. The van der Waals surface area contributed by atoms with Gasteiger partial charge in [-0.25, -0.2) is 0 Å². The standard InChI is InChI=1S/C8H14O2/c1-5-3-8(10)7(4-9)6(5)2/h5,7-10H,2-4H2,1H3/t5-,7-,8?/m0/s1. The average molecular weight is 142 g/mol. The van der Waals surface area contributed by atoms with E-state index >= 15 is 0 Å². The van der Waals surface area contributed by atoms with Gasteiger partial charge in [0, 0.05) is 5.92 Å². The predicted octanol–water partition coefficient (Wildman–Crippen LogP) is 0.552. The summed E-state index contributed by atoms with van der Waals surface area (Å²) >= 11 is 0. The molecule has 2 heteroatoms.